The summed E-state index contributed by atoms with van der Waals surface area (Å²) in [4.78, 5) is 25.4. The van der Waals surface area contributed by atoms with Crippen LogP contribution in [0.3, 0.4) is 0 Å². The lowest BCUT2D eigenvalue weighted by atomic mass is 10.1. The summed E-state index contributed by atoms with van der Waals surface area (Å²) in [7, 11) is 3.42. The first-order valence-electron chi connectivity index (χ1n) is 6.74. The van der Waals surface area contributed by atoms with Crippen molar-refractivity contribution in [2.75, 3.05) is 31.4 Å². The third-order valence-electron chi connectivity index (χ3n) is 3.10. The van der Waals surface area contributed by atoms with E-state index in [1.807, 2.05) is 13.2 Å². The minimum Gasteiger partial charge on any atom is -0.345 e. The fourth-order valence-corrected chi connectivity index (χ4v) is 2.32. The van der Waals surface area contributed by atoms with Gasteiger partial charge in [-0.05, 0) is 49.1 Å². The second-order valence-electron chi connectivity index (χ2n) is 5.11. The summed E-state index contributed by atoms with van der Waals surface area (Å²) in [6.07, 6.45) is 2.62. The van der Waals surface area contributed by atoms with Crippen LogP contribution in [-0.2, 0) is 4.79 Å². The average molecular weight is 346 g/mol. The number of anilines is 1. The van der Waals surface area contributed by atoms with E-state index < -0.39 is 6.04 Å². The number of halogens is 1. The number of benzene rings is 1. The fourth-order valence-electron chi connectivity index (χ4n) is 1.83. The summed E-state index contributed by atoms with van der Waals surface area (Å²) in [5.41, 5.74) is 7.93. The molecule has 124 valence electrons. The van der Waals surface area contributed by atoms with Crippen molar-refractivity contribution < 1.29 is 9.59 Å². The summed E-state index contributed by atoms with van der Waals surface area (Å²) in [6, 6.07) is 4.72. The zero-order chi connectivity index (χ0) is 16.0. The molecule has 0 bridgehead atoms. The Balaban J connectivity index is 0.00000441. The zero-order valence-corrected chi connectivity index (χ0v) is 15.0. The van der Waals surface area contributed by atoms with Crippen molar-refractivity contribution in [3.05, 3.63) is 29.3 Å². The minimum atomic E-state index is -0.513. The predicted octanol–water partition coefficient (Wildman–Crippen LogP) is 2.14. The summed E-state index contributed by atoms with van der Waals surface area (Å²) in [6.45, 7) is 1.85. The summed E-state index contributed by atoms with van der Waals surface area (Å²) >= 11 is 1.66. The lowest BCUT2D eigenvalue weighted by Gasteiger charge is -2.15. The van der Waals surface area contributed by atoms with E-state index in [2.05, 4.69) is 5.32 Å². The van der Waals surface area contributed by atoms with Gasteiger partial charge < -0.3 is 16.0 Å². The highest BCUT2D eigenvalue weighted by atomic mass is 35.5. The maximum absolute atomic E-state index is 11.9. The topological polar surface area (TPSA) is 75.4 Å². The first-order valence-corrected chi connectivity index (χ1v) is 8.14. The monoisotopic (exact) mass is 345 g/mol. The maximum Gasteiger partial charge on any atom is 0.253 e. The lowest BCUT2D eigenvalue weighted by molar-refractivity contribution is -0.117. The molecular formula is C15H24ClN3O2S. The largest absolute Gasteiger partial charge is 0.345 e. The van der Waals surface area contributed by atoms with Gasteiger partial charge in [0.15, 0.2) is 0 Å². The Morgan fingerprint density at radius 1 is 1.36 bits per heavy atom. The number of thioether (sulfide) groups is 1. The number of hydrogen-bond acceptors (Lipinski definition) is 4. The van der Waals surface area contributed by atoms with E-state index in [9.17, 15) is 9.59 Å². The number of aryl methyl sites for hydroxylation is 1. The first-order chi connectivity index (χ1) is 9.86. The zero-order valence-electron chi connectivity index (χ0n) is 13.4. The highest BCUT2D eigenvalue weighted by Gasteiger charge is 2.15. The molecule has 7 heteroatoms. The molecule has 1 atom stereocenters. The molecule has 0 spiro atoms. The van der Waals surface area contributed by atoms with E-state index in [0.29, 0.717) is 17.7 Å². The molecule has 0 unspecified atom stereocenters. The Morgan fingerprint density at radius 3 is 2.50 bits per heavy atom. The smallest absolute Gasteiger partial charge is 0.253 e. The number of hydrogen-bond donors (Lipinski definition) is 2. The van der Waals surface area contributed by atoms with E-state index in [4.69, 9.17) is 5.73 Å². The van der Waals surface area contributed by atoms with Gasteiger partial charge in [-0.15, -0.1) is 12.4 Å². The van der Waals surface area contributed by atoms with E-state index in [-0.39, 0.29) is 24.2 Å². The van der Waals surface area contributed by atoms with Gasteiger partial charge in [-0.25, -0.2) is 0 Å². The van der Waals surface area contributed by atoms with Gasteiger partial charge in [-0.2, -0.15) is 11.8 Å². The summed E-state index contributed by atoms with van der Waals surface area (Å²) in [5.74, 6) is 0.598. The standard InChI is InChI=1S/C15H23N3O2S.ClH/c1-10-9-11(5-6-12(10)15(20)18(2)3)17-14(19)13(16)7-8-21-4;/h5-6,9,13H,7-8,16H2,1-4H3,(H,17,19);1H/t13-;/m0./s1. The number of nitrogens with zero attached hydrogens (tertiary/aromatic N) is 1. The molecule has 0 aromatic heterocycles. The quantitative estimate of drug-likeness (QED) is 0.828. The van der Waals surface area contributed by atoms with Crippen molar-refractivity contribution >= 4 is 41.7 Å². The number of nitrogens with two attached hydrogens (primary N) is 1. The second-order valence-corrected chi connectivity index (χ2v) is 6.09. The molecule has 0 fully saturated rings. The fraction of sp³-hybridized carbons (Fsp3) is 0.467. The van der Waals surface area contributed by atoms with E-state index in [1.54, 1.807) is 44.1 Å². The molecule has 1 aromatic carbocycles. The Hall–Kier alpha value is -1.24. The van der Waals surface area contributed by atoms with Crippen molar-refractivity contribution in [1.29, 1.82) is 0 Å². The molecule has 1 rings (SSSR count). The molecule has 0 aliphatic carbocycles. The van der Waals surface area contributed by atoms with Crippen LogP contribution in [0.4, 0.5) is 5.69 Å². The molecule has 0 radical (unpaired) electrons. The normalized spacial score (nSPS) is 11.3. The van der Waals surface area contributed by atoms with Gasteiger partial charge in [0.25, 0.3) is 5.91 Å². The Kier molecular flexibility index (Phi) is 9.16. The maximum atomic E-state index is 11.9. The van der Waals surface area contributed by atoms with Crippen LogP contribution in [0.15, 0.2) is 18.2 Å². The third-order valence-corrected chi connectivity index (χ3v) is 3.74. The van der Waals surface area contributed by atoms with Crippen LogP contribution in [0.5, 0.6) is 0 Å². The van der Waals surface area contributed by atoms with E-state index in [1.165, 1.54) is 4.90 Å². The second kappa shape index (κ2) is 9.71. The van der Waals surface area contributed by atoms with E-state index in [0.717, 1.165) is 11.3 Å². The van der Waals surface area contributed by atoms with Gasteiger partial charge in [0, 0.05) is 25.3 Å². The van der Waals surface area contributed by atoms with Crippen LogP contribution >= 0.6 is 24.2 Å². The molecule has 0 saturated heterocycles. The summed E-state index contributed by atoms with van der Waals surface area (Å²) in [5, 5.41) is 2.79. The lowest BCUT2D eigenvalue weighted by Crippen LogP contribution is -2.36. The van der Waals surface area contributed by atoms with Gasteiger partial charge >= 0.3 is 0 Å². The molecule has 5 nitrogen and oxygen atoms in total. The van der Waals surface area contributed by atoms with Crippen LogP contribution < -0.4 is 11.1 Å². The van der Waals surface area contributed by atoms with Crippen molar-refractivity contribution in [3.63, 3.8) is 0 Å². The first kappa shape index (κ1) is 20.8. The van der Waals surface area contributed by atoms with Crippen molar-refractivity contribution in [1.82, 2.24) is 4.90 Å². The SMILES string of the molecule is CSCC[C@H](N)C(=O)Nc1ccc(C(=O)N(C)C)c(C)c1.Cl. The van der Waals surface area contributed by atoms with Gasteiger partial charge in [-0.3, -0.25) is 9.59 Å². The van der Waals surface area contributed by atoms with Gasteiger partial charge in [0.05, 0.1) is 6.04 Å². The predicted molar refractivity (Wildman–Crippen MR) is 96.0 cm³/mol. The molecule has 0 aliphatic heterocycles. The molecule has 22 heavy (non-hydrogen) atoms. The third kappa shape index (κ3) is 5.87. The molecule has 0 saturated carbocycles. The average Bonchev–Trinajstić information content (AvgIpc) is 2.44. The molecule has 1 aromatic rings. The van der Waals surface area contributed by atoms with Crippen molar-refractivity contribution in [3.8, 4) is 0 Å². The van der Waals surface area contributed by atoms with Crippen LogP contribution in [0, 0.1) is 6.92 Å². The van der Waals surface area contributed by atoms with E-state index >= 15 is 0 Å². The van der Waals surface area contributed by atoms with Crippen LogP contribution in [0.2, 0.25) is 0 Å². The van der Waals surface area contributed by atoms with Crippen LogP contribution in [0.25, 0.3) is 0 Å². The highest BCUT2D eigenvalue weighted by Crippen LogP contribution is 2.17. The molecular weight excluding hydrogens is 322 g/mol. The van der Waals surface area contributed by atoms with Crippen molar-refractivity contribution in [2.45, 2.75) is 19.4 Å². The van der Waals surface area contributed by atoms with Crippen molar-refractivity contribution in [2.24, 2.45) is 5.73 Å². The Labute approximate surface area is 142 Å². The van der Waals surface area contributed by atoms with Crippen LogP contribution in [0.1, 0.15) is 22.3 Å². The molecule has 2 amide bonds. The number of amides is 2. The molecule has 0 heterocycles. The van der Waals surface area contributed by atoms with Gasteiger partial charge in [-0.1, -0.05) is 0 Å². The highest BCUT2D eigenvalue weighted by molar-refractivity contribution is 7.98. The molecule has 0 aliphatic rings. The number of nitrogens with one attached hydrogen (secondary N) is 1. The van der Waals surface area contributed by atoms with Gasteiger partial charge in [0.2, 0.25) is 5.91 Å². The van der Waals surface area contributed by atoms with Crippen LogP contribution in [-0.4, -0.2) is 48.9 Å². The number of rotatable bonds is 6. The number of carbonyl (C=O) groups excluding carboxylic acids is 2. The molecule has 3 N–H and O–H groups in total. The Morgan fingerprint density at radius 2 is 2.00 bits per heavy atom. The number of carbonyl (C=O) groups is 2. The Bertz CT molecular complexity index is 524. The minimum absolute atomic E-state index is 0. The summed E-state index contributed by atoms with van der Waals surface area (Å²) < 4.78 is 0. The van der Waals surface area contributed by atoms with Gasteiger partial charge in [0.1, 0.15) is 0 Å².